The van der Waals surface area contributed by atoms with E-state index in [4.69, 9.17) is 4.74 Å². The van der Waals surface area contributed by atoms with Crippen molar-refractivity contribution in [3.8, 4) is 0 Å². The monoisotopic (exact) mass is 362 g/mol. The fourth-order valence-electron chi connectivity index (χ4n) is 2.81. The molecule has 1 atom stereocenters. The summed E-state index contributed by atoms with van der Waals surface area (Å²) in [4.78, 5) is 14.3. The predicted octanol–water partition coefficient (Wildman–Crippen LogP) is 4.43. The number of aryl methyl sites for hydroxylation is 1. The number of ether oxygens (including phenoxy) is 1. The first-order chi connectivity index (χ1) is 12.7. The molecule has 2 aromatic carbocycles. The van der Waals surface area contributed by atoms with Crippen LogP contribution in [0.15, 0.2) is 78.7 Å². The molecule has 0 bridgehead atoms. The van der Waals surface area contributed by atoms with E-state index in [0.29, 0.717) is 10.8 Å². The van der Waals surface area contributed by atoms with E-state index in [0.717, 1.165) is 21.7 Å². The Balaban J connectivity index is 1.64. The summed E-state index contributed by atoms with van der Waals surface area (Å²) in [5, 5.41) is 6.30. The summed E-state index contributed by atoms with van der Waals surface area (Å²) in [7, 11) is 0. The summed E-state index contributed by atoms with van der Waals surface area (Å²) in [5.41, 5.74) is 2.74. The van der Waals surface area contributed by atoms with E-state index in [-0.39, 0.29) is 12.1 Å². The van der Waals surface area contributed by atoms with Crippen LogP contribution in [0, 0.1) is 6.92 Å². The Morgan fingerprint density at radius 2 is 1.69 bits per heavy atom. The molecule has 130 valence electrons. The highest BCUT2D eigenvalue weighted by Crippen LogP contribution is 2.31. The van der Waals surface area contributed by atoms with Crippen molar-refractivity contribution in [2.75, 3.05) is 0 Å². The molecule has 0 radical (unpaired) electrons. The summed E-state index contributed by atoms with van der Waals surface area (Å²) in [6.07, 6.45) is -0.341. The molecule has 0 saturated carbocycles. The van der Waals surface area contributed by atoms with Gasteiger partial charge in [0, 0.05) is 16.0 Å². The van der Waals surface area contributed by atoms with E-state index >= 15 is 0 Å². The van der Waals surface area contributed by atoms with Crippen LogP contribution in [0.1, 0.15) is 31.9 Å². The van der Waals surface area contributed by atoms with Gasteiger partial charge in [0.2, 0.25) is 5.88 Å². The van der Waals surface area contributed by atoms with Gasteiger partial charge in [0.15, 0.2) is 6.23 Å². The normalized spacial score (nSPS) is 16.1. The van der Waals surface area contributed by atoms with E-state index < -0.39 is 0 Å². The van der Waals surface area contributed by atoms with Crippen molar-refractivity contribution in [3.63, 3.8) is 0 Å². The molecular weight excluding hydrogens is 344 g/mol. The van der Waals surface area contributed by atoms with Crippen LogP contribution in [0.4, 0.5) is 0 Å². The average molecular weight is 362 g/mol. The third kappa shape index (κ3) is 3.34. The number of amides is 1. The smallest absolute Gasteiger partial charge is 0.268 e. The summed E-state index contributed by atoms with van der Waals surface area (Å²) in [5.74, 6) is 0.281. The van der Waals surface area contributed by atoms with Crippen molar-refractivity contribution >= 4 is 22.9 Å². The lowest BCUT2D eigenvalue weighted by Crippen LogP contribution is -2.23. The molecule has 0 saturated heterocycles. The van der Waals surface area contributed by atoms with Crippen LogP contribution in [0.25, 0.3) is 5.70 Å². The molecule has 1 aromatic heterocycles. The van der Waals surface area contributed by atoms with Crippen LogP contribution in [0.3, 0.4) is 0 Å². The average Bonchev–Trinajstić information content (AvgIpc) is 3.30. The van der Waals surface area contributed by atoms with Gasteiger partial charge < -0.3 is 10.1 Å². The van der Waals surface area contributed by atoms with E-state index in [1.165, 1.54) is 11.3 Å². The lowest BCUT2D eigenvalue weighted by atomic mass is 10.1. The van der Waals surface area contributed by atoms with Crippen molar-refractivity contribution in [3.05, 3.63) is 99.6 Å². The molecule has 5 heteroatoms. The molecule has 3 aromatic rings. The maximum absolute atomic E-state index is 12.6. The van der Waals surface area contributed by atoms with Crippen molar-refractivity contribution in [2.45, 2.75) is 13.2 Å². The number of carbonyl (C=O) groups excluding carboxylic acids is 1. The second kappa shape index (κ2) is 7.06. The van der Waals surface area contributed by atoms with Gasteiger partial charge in [-0.25, -0.2) is 0 Å². The minimum atomic E-state index is -0.341. The van der Waals surface area contributed by atoms with Crippen LogP contribution >= 0.6 is 11.3 Å². The first kappa shape index (κ1) is 16.4. The molecular formula is C21H18N2O2S. The molecule has 0 aliphatic carbocycles. The number of carbonyl (C=O) groups is 1. The van der Waals surface area contributed by atoms with Crippen LogP contribution < -0.4 is 10.6 Å². The molecule has 1 amide bonds. The molecule has 2 N–H and O–H groups in total. The summed E-state index contributed by atoms with van der Waals surface area (Å²) in [6, 6.07) is 23.5. The Bertz CT molecular complexity index is 948. The van der Waals surface area contributed by atoms with Gasteiger partial charge in [0.05, 0.1) is 4.88 Å². The zero-order valence-corrected chi connectivity index (χ0v) is 15.0. The Morgan fingerprint density at radius 1 is 1.00 bits per heavy atom. The number of thiophene rings is 1. The van der Waals surface area contributed by atoms with Crippen LogP contribution in [0.2, 0.25) is 0 Å². The number of hydrogen-bond donors (Lipinski definition) is 2. The van der Waals surface area contributed by atoms with Gasteiger partial charge in [-0.15, -0.1) is 11.3 Å². The van der Waals surface area contributed by atoms with Gasteiger partial charge >= 0.3 is 0 Å². The highest BCUT2D eigenvalue weighted by Gasteiger charge is 2.28. The molecule has 1 unspecified atom stereocenters. The summed E-state index contributed by atoms with van der Waals surface area (Å²) >= 11 is 1.46. The van der Waals surface area contributed by atoms with Gasteiger partial charge in [-0.05, 0) is 19.1 Å². The number of hydrogen-bond acceptors (Lipinski definition) is 4. The molecule has 1 aliphatic heterocycles. The van der Waals surface area contributed by atoms with E-state index in [9.17, 15) is 4.79 Å². The zero-order valence-electron chi connectivity index (χ0n) is 14.2. The predicted molar refractivity (Wildman–Crippen MR) is 103 cm³/mol. The van der Waals surface area contributed by atoms with Crippen LogP contribution in [-0.4, -0.2) is 5.91 Å². The standard InChI is InChI=1S/C21H18N2O2S/c1-14-12-13-17(26-14)19(24)23-21-18(15-8-4-2-5-9-15)22-20(25-21)16-10-6-3-7-11-16/h2-13,20,22H,1H3,(H,23,24). The Kier molecular flexibility index (Phi) is 4.46. The lowest BCUT2D eigenvalue weighted by Gasteiger charge is -2.13. The van der Waals surface area contributed by atoms with Crippen molar-refractivity contribution in [2.24, 2.45) is 0 Å². The minimum absolute atomic E-state index is 0.165. The topological polar surface area (TPSA) is 50.4 Å². The number of rotatable bonds is 4. The fraction of sp³-hybridized carbons (Fsp3) is 0.0952. The zero-order chi connectivity index (χ0) is 17.9. The first-order valence-electron chi connectivity index (χ1n) is 8.36. The maximum Gasteiger partial charge on any atom is 0.268 e. The third-order valence-electron chi connectivity index (χ3n) is 4.09. The van der Waals surface area contributed by atoms with Crippen LogP contribution in [0.5, 0.6) is 0 Å². The summed E-state index contributed by atoms with van der Waals surface area (Å²) in [6.45, 7) is 1.98. The van der Waals surface area contributed by atoms with Gasteiger partial charge in [-0.3, -0.25) is 10.1 Å². The molecule has 0 spiro atoms. The number of nitrogens with one attached hydrogen (secondary N) is 2. The van der Waals surface area contributed by atoms with E-state index in [1.54, 1.807) is 0 Å². The quantitative estimate of drug-likeness (QED) is 0.722. The molecule has 4 nitrogen and oxygen atoms in total. The molecule has 26 heavy (non-hydrogen) atoms. The second-order valence-corrected chi connectivity index (χ2v) is 7.28. The second-order valence-electron chi connectivity index (χ2n) is 5.99. The molecule has 1 aliphatic rings. The first-order valence-corrected chi connectivity index (χ1v) is 9.18. The SMILES string of the molecule is Cc1ccc(C(=O)NC2=C(c3ccccc3)NC(c3ccccc3)O2)s1. The van der Waals surface area contributed by atoms with E-state index in [2.05, 4.69) is 10.6 Å². The van der Waals surface area contributed by atoms with Gasteiger partial charge in [0.25, 0.3) is 5.91 Å². The van der Waals surface area contributed by atoms with Gasteiger partial charge in [-0.1, -0.05) is 60.7 Å². The van der Waals surface area contributed by atoms with Crippen molar-refractivity contribution in [1.82, 2.24) is 10.6 Å². The third-order valence-corrected chi connectivity index (χ3v) is 5.09. The minimum Gasteiger partial charge on any atom is -0.449 e. The Hall–Kier alpha value is -3.05. The van der Waals surface area contributed by atoms with Gasteiger partial charge in [-0.2, -0.15) is 0 Å². The highest BCUT2D eigenvalue weighted by atomic mass is 32.1. The maximum atomic E-state index is 12.6. The molecule has 0 fully saturated rings. The van der Waals surface area contributed by atoms with Crippen LogP contribution in [-0.2, 0) is 4.74 Å². The largest absolute Gasteiger partial charge is 0.449 e. The lowest BCUT2D eigenvalue weighted by molar-refractivity contribution is 0.0854. The van der Waals surface area contributed by atoms with Crippen molar-refractivity contribution < 1.29 is 9.53 Å². The Labute approximate surface area is 156 Å². The molecule has 2 heterocycles. The number of benzene rings is 2. The summed E-state index contributed by atoms with van der Waals surface area (Å²) < 4.78 is 6.05. The van der Waals surface area contributed by atoms with E-state index in [1.807, 2.05) is 79.7 Å². The fourth-order valence-corrected chi connectivity index (χ4v) is 3.58. The highest BCUT2D eigenvalue weighted by molar-refractivity contribution is 7.13. The van der Waals surface area contributed by atoms with Crippen molar-refractivity contribution in [1.29, 1.82) is 0 Å². The van der Waals surface area contributed by atoms with Gasteiger partial charge in [0.1, 0.15) is 5.70 Å². The molecule has 4 rings (SSSR count). The Morgan fingerprint density at radius 3 is 2.35 bits per heavy atom.